The van der Waals surface area contributed by atoms with Gasteiger partial charge in [0.25, 0.3) is 0 Å². The summed E-state index contributed by atoms with van der Waals surface area (Å²) >= 11 is 12.3. The monoisotopic (exact) mass is 538 g/mol. The molecular formula is C28H24Cl2N2O5. The standard InChI is InChI=1S/C28H24Cl2N2O5/c29-19-3-8-22(9-4-19)37-28(35)32-12-11-23-24-13-20(30)5-10-25(24)31-26(23)27(32)18-1-6-21(7-2-18)36-16-17(14-33)15-34/h1-10,13-14,17,27,31,34H,11-12,15-16H2. The van der Waals surface area contributed by atoms with E-state index in [4.69, 9.17) is 32.7 Å². The zero-order chi connectivity index (χ0) is 25.9. The molecule has 2 unspecified atom stereocenters. The third-order valence-electron chi connectivity index (χ3n) is 6.43. The Balaban J connectivity index is 1.49. The van der Waals surface area contributed by atoms with E-state index < -0.39 is 18.1 Å². The number of nitrogens with zero attached hydrogens (tertiary/aromatic N) is 1. The van der Waals surface area contributed by atoms with Crippen LogP contribution >= 0.6 is 23.2 Å². The van der Waals surface area contributed by atoms with Crippen LogP contribution in [0.5, 0.6) is 11.5 Å². The molecular weight excluding hydrogens is 515 g/mol. The van der Waals surface area contributed by atoms with Crippen molar-refractivity contribution in [1.29, 1.82) is 0 Å². The number of aliphatic hydroxyl groups excluding tert-OH is 1. The van der Waals surface area contributed by atoms with E-state index in [2.05, 4.69) is 4.98 Å². The number of hydrogen-bond acceptors (Lipinski definition) is 5. The maximum Gasteiger partial charge on any atom is 0.416 e. The third kappa shape index (κ3) is 5.30. The minimum absolute atomic E-state index is 0.0786. The van der Waals surface area contributed by atoms with Crippen molar-refractivity contribution < 1.29 is 24.2 Å². The summed E-state index contributed by atoms with van der Waals surface area (Å²) in [5.41, 5.74) is 3.80. The van der Waals surface area contributed by atoms with E-state index in [9.17, 15) is 14.7 Å². The number of ether oxygens (including phenoxy) is 2. The van der Waals surface area contributed by atoms with E-state index in [0.29, 0.717) is 40.8 Å². The number of carbonyl (C=O) groups is 2. The van der Waals surface area contributed by atoms with Crippen LogP contribution in [0.1, 0.15) is 22.9 Å². The summed E-state index contributed by atoms with van der Waals surface area (Å²) in [6.45, 7) is 0.246. The molecule has 0 spiro atoms. The SMILES string of the molecule is O=CC(CO)COc1ccc(C2c3[nH]c4ccc(Cl)cc4c3CCN2C(=O)Oc2ccc(Cl)cc2)cc1. The Labute approximate surface area is 223 Å². The normalized spacial score (nSPS) is 15.8. The summed E-state index contributed by atoms with van der Waals surface area (Å²) in [6.07, 6.45) is 0.827. The molecule has 0 fully saturated rings. The Kier molecular flexibility index (Phi) is 7.37. The number of fused-ring (bicyclic) bond motifs is 3. The number of rotatable bonds is 7. The number of aromatic nitrogens is 1. The van der Waals surface area contributed by atoms with Crippen molar-refractivity contribution in [2.45, 2.75) is 12.5 Å². The zero-order valence-electron chi connectivity index (χ0n) is 19.7. The van der Waals surface area contributed by atoms with Gasteiger partial charge in [0.05, 0.1) is 19.1 Å². The van der Waals surface area contributed by atoms with Crippen molar-refractivity contribution >= 4 is 46.5 Å². The number of aliphatic hydroxyl groups is 1. The topological polar surface area (TPSA) is 91.9 Å². The molecule has 0 bridgehead atoms. The minimum Gasteiger partial charge on any atom is -0.493 e. The van der Waals surface area contributed by atoms with Crippen LogP contribution in [0, 0.1) is 5.92 Å². The first-order valence-electron chi connectivity index (χ1n) is 11.8. The number of H-pyrrole nitrogens is 1. The fourth-order valence-electron chi connectivity index (χ4n) is 4.55. The Morgan fingerprint density at radius 2 is 1.76 bits per heavy atom. The summed E-state index contributed by atoms with van der Waals surface area (Å²) in [5, 5.41) is 11.4. The molecule has 0 radical (unpaired) electrons. The fourth-order valence-corrected chi connectivity index (χ4v) is 4.85. The number of aromatic amines is 1. The molecule has 5 rings (SSSR count). The van der Waals surface area contributed by atoms with E-state index in [1.807, 2.05) is 30.3 Å². The van der Waals surface area contributed by atoms with Crippen molar-refractivity contribution in [3.63, 3.8) is 0 Å². The van der Waals surface area contributed by atoms with Crippen LogP contribution in [-0.4, -0.2) is 47.1 Å². The van der Waals surface area contributed by atoms with E-state index in [1.54, 1.807) is 41.3 Å². The first-order valence-corrected chi connectivity index (χ1v) is 12.6. The molecule has 1 aliphatic heterocycles. The maximum atomic E-state index is 13.4. The largest absolute Gasteiger partial charge is 0.493 e. The Hall–Kier alpha value is -3.52. The second-order valence-electron chi connectivity index (χ2n) is 8.83. The van der Waals surface area contributed by atoms with Crippen molar-refractivity contribution in [3.05, 3.63) is 93.6 Å². The lowest BCUT2D eigenvalue weighted by molar-refractivity contribution is -0.113. The molecule has 3 aromatic carbocycles. The molecule has 37 heavy (non-hydrogen) atoms. The van der Waals surface area contributed by atoms with E-state index in [1.165, 1.54) is 0 Å². The Bertz CT molecular complexity index is 1420. The number of benzene rings is 3. The van der Waals surface area contributed by atoms with Crippen LogP contribution in [0.2, 0.25) is 10.0 Å². The highest BCUT2D eigenvalue weighted by molar-refractivity contribution is 6.31. The fraction of sp³-hybridized carbons (Fsp3) is 0.214. The highest BCUT2D eigenvalue weighted by Gasteiger charge is 2.35. The van der Waals surface area contributed by atoms with Crippen LogP contribution in [0.4, 0.5) is 4.79 Å². The van der Waals surface area contributed by atoms with Crippen LogP contribution < -0.4 is 9.47 Å². The second-order valence-corrected chi connectivity index (χ2v) is 9.71. The summed E-state index contributed by atoms with van der Waals surface area (Å²) in [6, 6.07) is 19.2. The lowest BCUT2D eigenvalue weighted by Gasteiger charge is -2.35. The number of carbonyl (C=O) groups excluding carboxylic acids is 2. The molecule has 0 saturated heterocycles. The van der Waals surface area contributed by atoms with Gasteiger partial charge in [0.2, 0.25) is 0 Å². The number of aldehydes is 1. The van der Waals surface area contributed by atoms with Gasteiger partial charge in [0.15, 0.2) is 0 Å². The van der Waals surface area contributed by atoms with Gasteiger partial charge in [0, 0.05) is 33.2 Å². The summed E-state index contributed by atoms with van der Waals surface area (Å²) in [7, 11) is 0. The number of amides is 1. The summed E-state index contributed by atoms with van der Waals surface area (Å²) in [4.78, 5) is 29.5. The predicted molar refractivity (Wildman–Crippen MR) is 142 cm³/mol. The molecule has 0 aliphatic carbocycles. The highest BCUT2D eigenvalue weighted by Crippen LogP contribution is 2.40. The van der Waals surface area contributed by atoms with Gasteiger partial charge in [-0.05, 0) is 72.1 Å². The molecule has 7 nitrogen and oxygen atoms in total. The van der Waals surface area contributed by atoms with Crippen molar-refractivity contribution in [2.75, 3.05) is 19.8 Å². The van der Waals surface area contributed by atoms with Gasteiger partial charge in [-0.25, -0.2) is 4.79 Å². The first-order chi connectivity index (χ1) is 18.0. The number of hydrogen-bond donors (Lipinski definition) is 2. The van der Waals surface area contributed by atoms with Crippen LogP contribution in [0.15, 0.2) is 66.7 Å². The average Bonchev–Trinajstić information content (AvgIpc) is 3.28. The summed E-state index contributed by atoms with van der Waals surface area (Å²) in [5.74, 6) is 0.371. The van der Waals surface area contributed by atoms with E-state index in [0.717, 1.165) is 27.7 Å². The molecule has 2 atom stereocenters. The molecule has 0 saturated carbocycles. The van der Waals surface area contributed by atoms with Gasteiger partial charge in [-0.15, -0.1) is 0 Å². The number of nitrogens with one attached hydrogen (secondary N) is 1. The molecule has 2 heterocycles. The smallest absolute Gasteiger partial charge is 0.416 e. The van der Waals surface area contributed by atoms with Gasteiger partial charge in [-0.1, -0.05) is 35.3 Å². The Morgan fingerprint density at radius 3 is 2.46 bits per heavy atom. The molecule has 1 aromatic heterocycles. The molecule has 4 aromatic rings. The highest BCUT2D eigenvalue weighted by atomic mass is 35.5. The van der Waals surface area contributed by atoms with Gasteiger partial charge in [-0.2, -0.15) is 0 Å². The second kappa shape index (κ2) is 10.8. The average molecular weight is 539 g/mol. The zero-order valence-corrected chi connectivity index (χ0v) is 21.2. The van der Waals surface area contributed by atoms with Crippen LogP contribution in [0.25, 0.3) is 10.9 Å². The third-order valence-corrected chi connectivity index (χ3v) is 6.92. The first kappa shape index (κ1) is 25.1. The minimum atomic E-state index is -0.586. The summed E-state index contributed by atoms with van der Waals surface area (Å²) < 4.78 is 11.4. The molecule has 2 N–H and O–H groups in total. The lowest BCUT2D eigenvalue weighted by Crippen LogP contribution is -2.42. The maximum absolute atomic E-state index is 13.4. The molecule has 1 aliphatic rings. The quantitative estimate of drug-likeness (QED) is 0.290. The van der Waals surface area contributed by atoms with Crippen molar-refractivity contribution in [2.24, 2.45) is 5.92 Å². The van der Waals surface area contributed by atoms with E-state index in [-0.39, 0.29) is 13.2 Å². The molecule has 9 heteroatoms. The van der Waals surface area contributed by atoms with Crippen molar-refractivity contribution in [3.8, 4) is 11.5 Å². The molecule has 1 amide bonds. The van der Waals surface area contributed by atoms with Gasteiger partial charge in [-0.3, -0.25) is 4.90 Å². The lowest BCUT2D eigenvalue weighted by atomic mass is 9.92. The molecule has 190 valence electrons. The Morgan fingerprint density at radius 1 is 1.05 bits per heavy atom. The number of halogens is 2. The van der Waals surface area contributed by atoms with Crippen LogP contribution in [-0.2, 0) is 11.2 Å². The van der Waals surface area contributed by atoms with Crippen molar-refractivity contribution in [1.82, 2.24) is 9.88 Å². The van der Waals surface area contributed by atoms with Gasteiger partial charge < -0.3 is 24.4 Å². The van der Waals surface area contributed by atoms with Crippen LogP contribution in [0.3, 0.4) is 0 Å². The predicted octanol–water partition coefficient (Wildman–Crippen LogP) is 5.81. The van der Waals surface area contributed by atoms with E-state index >= 15 is 0 Å². The van der Waals surface area contributed by atoms with Gasteiger partial charge >= 0.3 is 6.09 Å². The van der Waals surface area contributed by atoms with Gasteiger partial charge in [0.1, 0.15) is 23.8 Å².